The highest BCUT2D eigenvalue weighted by molar-refractivity contribution is 5.79. The highest BCUT2D eigenvalue weighted by Crippen LogP contribution is 2.23. The van der Waals surface area contributed by atoms with E-state index in [2.05, 4.69) is 15.6 Å². The Morgan fingerprint density at radius 1 is 1.60 bits per heavy atom. The number of rotatable bonds is 6. The van der Waals surface area contributed by atoms with Crippen molar-refractivity contribution in [3.63, 3.8) is 0 Å². The SMILES string of the molecule is CCC1OCCC1C(=O)NCc1cn(CC(=O)O)nn1. The van der Waals surface area contributed by atoms with Crippen molar-refractivity contribution >= 4 is 11.9 Å². The van der Waals surface area contributed by atoms with Crippen LogP contribution in [0.1, 0.15) is 25.5 Å². The number of hydrogen-bond donors (Lipinski definition) is 2. The average molecular weight is 282 g/mol. The lowest BCUT2D eigenvalue weighted by Gasteiger charge is -2.15. The third-order valence-electron chi connectivity index (χ3n) is 3.28. The molecule has 1 aliphatic rings. The monoisotopic (exact) mass is 282 g/mol. The zero-order chi connectivity index (χ0) is 14.5. The van der Waals surface area contributed by atoms with Crippen LogP contribution in [-0.2, 0) is 27.4 Å². The first-order valence-electron chi connectivity index (χ1n) is 6.60. The number of aliphatic carboxylic acids is 1. The van der Waals surface area contributed by atoms with Crippen LogP contribution in [-0.4, -0.2) is 44.7 Å². The van der Waals surface area contributed by atoms with Gasteiger partial charge in [-0.05, 0) is 12.8 Å². The van der Waals surface area contributed by atoms with Gasteiger partial charge in [0.15, 0.2) is 0 Å². The number of carbonyl (C=O) groups excluding carboxylic acids is 1. The van der Waals surface area contributed by atoms with Crippen LogP contribution >= 0.6 is 0 Å². The lowest BCUT2D eigenvalue weighted by molar-refractivity contribution is -0.138. The molecule has 0 spiro atoms. The predicted octanol–water partition coefficient (Wildman–Crippen LogP) is -0.206. The van der Waals surface area contributed by atoms with Crippen LogP contribution in [0.2, 0.25) is 0 Å². The second kappa shape index (κ2) is 6.47. The van der Waals surface area contributed by atoms with Gasteiger partial charge < -0.3 is 15.2 Å². The summed E-state index contributed by atoms with van der Waals surface area (Å²) in [5.74, 6) is -1.16. The molecule has 1 saturated heterocycles. The summed E-state index contributed by atoms with van der Waals surface area (Å²) in [6.45, 7) is 2.61. The van der Waals surface area contributed by atoms with E-state index >= 15 is 0 Å². The van der Waals surface area contributed by atoms with Crippen LogP contribution in [0.25, 0.3) is 0 Å². The molecular formula is C12H18N4O4. The summed E-state index contributed by atoms with van der Waals surface area (Å²) in [7, 11) is 0. The van der Waals surface area contributed by atoms with Crippen molar-refractivity contribution in [3.05, 3.63) is 11.9 Å². The molecule has 8 nitrogen and oxygen atoms in total. The van der Waals surface area contributed by atoms with Crippen molar-refractivity contribution in [1.29, 1.82) is 0 Å². The third-order valence-corrected chi connectivity index (χ3v) is 3.28. The minimum absolute atomic E-state index is 0.0160. The molecule has 0 radical (unpaired) electrons. The van der Waals surface area contributed by atoms with Crippen LogP contribution in [0.4, 0.5) is 0 Å². The molecule has 2 rings (SSSR count). The number of hydrogen-bond acceptors (Lipinski definition) is 5. The Labute approximate surface area is 116 Å². The van der Waals surface area contributed by atoms with Crippen molar-refractivity contribution in [1.82, 2.24) is 20.3 Å². The summed E-state index contributed by atoms with van der Waals surface area (Å²) >= 11 is 0. The summed E-state index contributed by atoms with van der Waals surface area (Å²) in [6, 6.07) is 0. The first-order valence-corrected chi connectivity index (χ1v) is 6.60. The number of carboxylic acid groups (broad SMARTS) is 1. The molecule has 110 valence electrons. The molecular weight excluding hydrogens is 264 g/mol. The summed E-state index contributed by atoms with van der Waals surface area (Å²) < 4.78 is 6.70. The fourth-order valence-electron chi connectivity index (χ4n) is 2.29. The van der Waals surface area contributed by atoms with E-state index in [1.54, 1.807) is 0 Å². The highest BCUT2D eigenvalue weighted by atomic mass is 16.5. The zero-order valence-corrected chi connectivity index (χ0v) is 11.3. The average Bonchev–Trinajstić information content (AvgIpc) is 3.03. The Morgan fingerprint density at radius 3 is 3.10 bits per heavy atom. The van der Waals surface area contributed by atoms with Gasteiger partial charge >= 0.3 is 5.97 Å². The third kappa shape index (κ3) is 3.53. The van der Waals surface area contributed by atoms with E-state index in [1.165, 1.54) is 10.9 Å². The van der Waals surface area contributed by atoms with Crippen LogP contribution < -0.4 is 5.32 Å². The Balaban J connectivity index is 1.84. The lowest BCUT2D eigenvalue weighted by atomic mass is 9.99. The van der Waals surface area contributed by atoms with Crippen molar-refractivity contribution in [2.75, 3.05) is 6.61 Å². The van der Waals surface area contributed by atoms with Crippen LogP contribution in [0.15, 0.2) is 6.20 Å². The fourth-order valence-corrected chi connectivity index (χ4v) is 2.29. The predicted molar refractivity (Wildman–Crippen MR) is 67.6 cm³/mol. The molecule has 2 N–H and O–H groups in total. The van der Waals surface area contributed by atoms with Gasteiger partial charge in [0.05, 0.1) is 24.8 Å². The molecule has 1 aromatic heterocycles. The number of ether oxygens (including phenoxy) is 1. The van der Waals surface area contributed by atoms with Gasteiger partial charge in [-0.2, -0.15) is 0 Å². The van der Waals surface area contributed by atoms with Crippen molar-refractivity contribution < 1.29 is 19.4 Å². The second-order valence-electron chi connectivity index (χ2n) is 4.73. The lowest BCUT2D eigenvalue weighted by Crippen LogP contribution is -2.34. The number of nitrogens with zero attached hydrogens (tertiary/aromatic N) is 3. The van der Waals surface area contributed by atoms with Gasteiger partial charge in [0, 0.05) is 6.61 Å². The van der Waals surface area contributed by atoms with Gasteiger partial charge in [0.25, 0.3) is 0 Å². The first kappa shape index (κ1) is 14.4. The van der Waals surface area contributed by atoms with E-state index in [0.29, 0.717) is 12.3 Å². The fraction of sp³-hybridized carbons (Fsp3) is 0.667. The van der Waals surface area contributed by atoms with Crippen LogP contribution in [0, 0.1) is 5.92 Å². The molecule has 0 bridgehead atoms. The summed E-state index contributed by atoms with van der Waals surface area (Å²) in [4.78, 5) is 22.5. The number of carbonyl (C=O) groups is 2. The second-order valence-corrected chi connectivity index (χ2v) is 4.73. The molecule has 1 aliphatic heterocycles. The van der Waals surface area contributed by atoms with E-state index in [9.17, 15) is 9.59 Å². The number of amides is 1. The van der Waals surface area contributed by atoms with Crippen molar-refractivity contribution in [3.8, 4) is 0 Å². The maximum absolute atomic E-state index is 12.0. The molecule has 8 heteroatoms. The normalized spacial score (nSPS) is 21.9. The largest absolute Gasteiger partial charge is 0.480 e. The van der Waals surface area contributed by atoms with Gasteiger partial charge in [0.2, 0.25) is 5.91 Å². The van der Waals surface area contributed by atoms with Gasteiger partial charge in [-0.25, -0.2) is 4.68 Å². The maximum atomic E-state index is 12.0. The quantitative estimate of drug-likeness (QED) is 0.748. The molecule has 2 unspecified atom stereocenters. The molecule has 1 fully saturated rings. The topological polar surface area (TPSA) is 106 Å². The van der Waals surface area contributed by atoms with E-state index in [0.717, 1.165) is 12.8 Å². The standard InChI is InChI=1S/C12H18N4O4/c1-2-10-9(3-4-20-10)12(19)13-5-8-6-16(15-14-8)7-11(17)18/h6,9-10H,2-5,7H2,1H3,(H,13,19)(H,17,18). The molecule has 20 heavy (non-hydrogen) atoms. The van der Waals surface area contributed by atoms with Gasteiger partial charge in [-0.3, -0.25) is 9.59 Å². The summed E-state index contributed by atoms with van der Waals surface area (Å²) in [5.41, 5.74) is 0.534. The number of nitrogens with one attached hydrogen (secondary N) is 1. The summed E-state index contributed by atoms with van der Waals surface area (Å²) in [6.07, 6.45) is 3.04. The Bertz CT molecular complexity index is 488. The molecule has 2 atom stereocenters. The highest BCUT2D eigenvalue weighted by Gasteiger charge is 2.32. The van der Waals surface area contributed by atoms with E-state index < -0.39 is 5.97 Å². The molecule has 0 aromatic carbocycles. The van der Waals surface area contributed by atoms with Gasteiger partial charge in [-0.15, -0.1) is 5.10 Å². The first-order chi connectivity index (χ1) is 9.60. The number of carboxylic acids is 1. The number of aromatic nitrogens is 3. The Hall–Kier alpha value is -1.96. The van der Waals surface area contributed by atoms with Crippen molar-refractivity contribution in [2.45, 2.75) is 39.0 Å². The Morgan fingerprint density at radius 2 is 2.40 bits per heavy atom. The minimum Gasteiger partial charge on any atom is -0.480 e. The van der Waals surface area contributed by atoms with Crippen LogP contribution in [0.5, 0.6) is 0 Å². The minimum atomic E-state index is -0.987. The summed E-state index contributed by atoms with van der Waals surface area (Å²) in [5, 5.41) is 18.9. The molecule has 1 aromatic rings. The van der Waals surface area contributed by atoms with Gasteiger partial charge in [-0.1, -0.05) is 12.1 Å². The van der Waals surface area contributed by atoms with E-state index in [4.69, 9.17) is 9.84 Å². The molecule has 1 amide bonds. The van der Waals surface area contributed by atoms with Crippen molar-refractivity contribution in [2.24, 2.45) is 5.92 Å². The molecule has 0 aliphatic carbocycles. The Kier molecular flexibility index (Phi) is 4.67. The zero-order valence-electron chi connectivity index (χ0n) is 11.3. The molecule has 0 saturated carbocycles. The van der Waals surface area contributed by atoms with E-state index in [1.807, 2.05) is 6.92 Å². The van der Waals surface area contributed by atoms with E-state index in [-0.39, 0.29) is 31.0 Å². The van der Waals surface area contributed by atoms with Crippen LogP contribution in [0.3, 0.4) is 0 Å². The molecule has 2 heterocycles. The maximum Gasteiger partial charge on any atom is 0.325 e. The smallest absolute Gasteiger partial charge is 0.325 e. The van der Waals surface area contributed by atoms with Gasteiger partial charge in [0.1, 0.15) is 12.2 Å².